The molecule has 0 saturated carbocycles. The highest BCUT2D eigenvalue weighted by Gasteiger charge is 2.21. The van der Waals surface area contributed by atoms with Gasteiger partial charge in [-0.15, -0.1) is 0 Å². The number of aliphatic hydroxyl groups is 1. The first-order valence-electron chi connectivity index (χ1n) is 9.85. The number of nitrogens with two attached hydrogens (primary N) is 1. The van der Waals surface area contributed by atoms with Crippen molar-refractivity contribution < 1.29 is 14.6 Å². The smallest absolute Gasteiger partial charge is 0.238 e. The van der Waals surface area contributed by atoms with Crippen molar-refractivity contribution in [3.8, 4) is 22.6 Å². The van der Waals surface area contributed by atoms with Gasteiger partial charge in [0.05, 0.1) is 18.0 Å². The summed E-state index contributed by atoms with van der Waals surface area (Å²) in [6.45, 7) is 3.18. The van der Waals surface area contributed by atoms with E-state index in [1.54, 1.807) is 17.8 Å². The van der Waals surface area contributed by atoms with E-state index in [-0.39, 0.29) is 12.5 Å². The molecule has 0 fully saturated rings. The first kappa shape index (κ1) is 20.4. The van der Waals surface area contributed by atoms with E-state index in [1.807, 2.05) is 54.6 Å². The Morgan fingerprint density at radius 1 is 1.13 bits per heavy atom. The number of fused-ring (bicyclic) bond motifs is 1. The van der Waals surface area contributed by atoms with E-state index < -0.39 is 6.10 Å². The minimum Gasteiger partial charge on any atom is -0.457 e. The maximum Gasteiger partial charge on any atom is 0.238 e. The number of hydrogen-bond acceptors (Lipinski definition) is 6. The van der Waals surface area contributed by atoms with Crippen molar-refractivity contribution in [1.29, 1.82) is 0 Å². The maximum absolute atomic E-state index is 12.3. The molecule has 1 amide bonds. The summed E-state index contributed by atoms with van der Waals surface area (Å²) in [5.41, 5.74) is 8.31. The molecule has 3 N–H and O–H groups in total. The van der Waals surface area contributed by atoms with E-state index >= 15 is 0 Å². The van der Waals surface area contributed by atoms with Crippen LogP contribution in [0.1, 0.15) is 13.8 Å². The van der Waals surface area contributed by atoms with Crippen LogP contribution in [0.4, 0.5) is 5.82 Å². The van der Waals surface area contributed by atoms with Gasteiger partial charge in [-0.25, -0.2) is 19.7 Å². The van der Waals surface area contributed by atoms with Gasteiger partial charge in [0.2, 0.25) is 5.91 Å². The number of para-hydroxylation sites is 1. The number of benzene rings is 2. The van der Waals surface area contributed by atoms with Crippen molar-refractivity contribution in [2.24, 2.45) is 0 Å². The number of carbonyl (C=O) groups excluding carboxylic acids is 1. The van der Waals surface area contributed by atoms with E-state index in [9.17, 15) is 9.90 Å². The summed E-state index contributed by atoms with van der Waals surface area (Å²) in [5.74, 6) is 1.53. The van der Waals surface area contributed by atoms with Crippen LogP contribution in [-0.4, -0.2) is 38.3 Å². The van der Waals surface area contributed by atoms with E-state index in [0.717, 1.165) is 16.9 Å². The molecule has 2 aromatic heterocycles. The van der Waals surface area contributed by atoms with Crippen molar-refractivity contribution in [3.63, 3.8) is 0 Å². The third-order valence-corrected chi connectivity index (χ3v) is 4.80. The molecule has 1 unspecified atom stereocenters. The fourth-order valence-electron chi connectivity index (χ4n) is 3.42. The molecule has 158 valence electrons. The summed E-state index contributed by atoms with van der Waals surface area (Å²) >= 11 is 0. The average Bonchev–Trinajstić information content (AvgIpc) is 3.14. The van der Waals surface area contributed by atoms with Gasteiger partial charge in [0.15, 0.2) is 5.65 Å². The maximum atomic E-state index is 12.3. The number of anilines is 1. The SMILES string of the molecule is CC(=O)N(CC(C)O)n1cc(-c2ccc(Oc3ccccc3)cc2)c2c(N)ncnc21. The number of amides is 1. The Morgan fingerprint density at radius 2 is 1.81 bits per heavy atom. The van der Waals surface area contributed by atoms with Crippen LogP contribution in [0.3, 0.4) is 0 Å². The van der Waals surface area contributed by atoms with Crippen molar-refractivity contribution in [3.05, 3.63) is 67.1 Å². The molecule has 4 aromatic rings. The molecule has 0 aliphatic carbocycles. The predicted octanol–water partition coefficient (Wildman–Crippen LogP) is 3.34. The number of hydrogen-bond donors (Lipinski definition) is 2. The lowest BCUT2D eigenvalue weighted by molar-refractivity contribution is -0.118. The van der Waals surface area contributed by atoms with Gasteiger partial charge >= 0.3 is 0 Å². The quantitative estimate of drug-likeness (QED) is 0.498. The number of rotatable bonds is 6. The highest BCUT2D eigenvalue weighted by molar-refractivity contribution is 6.01. The molecule has 2 aromatic carbocycles. The Balaban J connectivity index is 1.76. The Morgan fingerprint density at radius 3 is 2.45 bits per heavy atom. The molecule has 8 heteroatoms. The second-order valence-electron chi connectivity index (χ2n) is 7.23. The van der Waals surface area contributed by atoms with Crippen molar-refractivity contribution in [2.45, 2.75) is 20.0 Å². The minimum absolute atomic E-state index is 0.117. The van der Waals surface area contributed by atoms with Gasteiger partial charge in [-0.1, -0.05) is 30.3 Å². The third kappa shape index (κ3) is 4.19. The van der Waals surface area contributed by atoms with Crippen LogP contribution in [0.25, 0.3) is 22.2 Å². The largest absolute Gasteiger partial charge is 0.457 e. The summed E-state index contributed by atoms with van der Waals surface area (Å²) in [6.07, 6.45) is 2.43. The van der Waals surface area contributed by atoms with Crippen molar-refractivity contribution >= 4 is 22.8 Å². The molecule has 0 aliphatic rings. The molecule has 0 radical (unpaired) electrons. The van der Waals surface area contributed by atoms with E-state index in [1.165, 1.54) is 18.3 Å². The van der Waals surface area contributed by atoms with E-state index in [4.69, 9.17) is 10.5 Å². The van der Waals surface area contributed by atoms with Crippen LogP contribution in [0.5, 0.6) is 11.5 Å². The van der Waals surface area contributed by atoms with Crippen molar-refractivity contribution in [1.82, 2.24) is 14.6 Å². The monoisotopic (exact) mass is 417 g/mol. The zero-order valence-electron chi connectivity index (χ0n) is 17.3. The van der Waals surface area contributed by atoms with Crippen LogP contribution >= 0.6 is 0 Å². The summed E-state index contributed by atoms with van der Waals surface area (Å²) in [6, 6.07) is 17.1. The standard InChI is InChI=1S/C23H23N5O3/c1-15(29)12-27(16(2)30)28-13-20(21-22(24)25-14-26-23(21)28)17-8-10-19(11-9-17)31-18-6-4-3-5-7-18/h3-11,13-15,29H,12H2,1-2H3,(H2,24,25,26). The Bertz CT molecular complexity index is 1200. The zero-order valence-corrected chi connectivity index (χ0v) is 17.3. The van der Waals surface area contributed by atoms with Gasteiger partial charge in [-0.3, -0.25) is 4.79 Å². The molecule has 0 spiro atoms. The second-order valence-corrected chi connectivity index (χ2v) is 7.23. The van der Waals surface area contributed by atoms with E-state index in [0.29, 0.717) is 22.6 Å². The van der Waals surface area contributed by atoms with Crippen LogP contribution < -0.4 is 15.5 Å². The lowest BCUT2D eigenvalue weighted by Crippen LogP contribution is -2.43. The van der Waals surface area contributed by atoms with Gasteiger partial charge < -0.3 is 15.6 Å². The van der Waals surface area contributed by atoms with Crippen LogP contribution in [-0.2, 0) is 4.79 Å². The summed E-state index contributed by atoms with van der Waals surface area (Å²) in [7, 11) is 0. The number of nitrogens with zero attached hydrogens (tertiary/aromatic N) is 4. The zero-order chi connectivity index (χ0) is 22.0. The molecule has 1 atom stereocenters. The molecule has 31 heavy (non-hydrogen) atoms. The molecule has 2 heterocycles. The minimum atomic E-state index is -0.710. The first-order valence-corrected chi connectivity index (χ1v) is 9.85. The van der Waals surface area contributed by atoms with Crippen LogP contribution in [0.15, 0.2) is 67.1 Å². The molecule has 0 aliphatic heterocycles. The second kappa shape index (κ2) is 8.45. The predicted molar refractivity (Wildman–Crippen MR) is 119 cm³/mol. The number of nitrogen functional groups attached to an aromatic ring is 1. The summed E-state index contributed by atoms with van der Waals surface area (Å²) in [4.78, 5) is 20.7. The van der Waals surface area contributed by atoms with Gasteiger partial charge in [0.25, 0.3) is 0 Å². The Labute approximate surface area is 179 Å². The molecule has 4 rings (SSSR count). The first-order chi connectivity index (χ1) is 14.9. The highest BCUT2D eigenvalue weighted by Crippen LogP contribution is 2.34. The van der Waals surface area contributed by atoms with Gasteiger partial charge in [-0.2, -0.15) is 0 Å². The third-order valence-electron chi connectivity index (χ3n) is 4.80. The fourth-order valence-corrected chi connectivity index (χ4v) is 3.42. The van der Waals surface area contributed by atoms with Gasteiger partial charge in [0.1, 0.15) is 23.6 Å². The number of carbonyl (C=O) groups is 1. The fraction of sp³-hybridized carbons (Fsp3) is 0.174. The van der Waals surface area contributed by atoms with Crippen LogP contribution in [0.2, 0.25) is 0 Å². The van der Waals surface area contributed by atoms with Crippen molar-refractivity contribution in [2.75, 3.05) is 17.3 Å². The number of aliphatic hydroxyl groups excluding tert-OH is 1. The Kier molecular flexibility index (Phi) is 5.55. The van der Waals surface area contributed by atoms with Gasteiger partial charge in [-0.05, 0) is 36.8 Å². The van der Waals surface area contributed by atoms with E-state index in [2.05, 4.69) is 9.97 Å². The average molecular weight is 417 g/mol. The molecule has 8 nitrogen and oxygen atoms in total. The molecule has 0 bridgehead atoms. The highest BCUT2D eigenvalue weighted by atomic mass is 16.5. The topological polar surface area (TPSA) is 106 Å². The summed E-state index contributed by atoms with van der Waals surface area (Å²) < 4.78 is 7.48. The van der Waals surface area contributed by atoms with Crippen LogP contribution in [0, 0.1) is 0 Å². The van der Waals surface area contributed by atoms with Gasteiger partial charge in [0, 0.05) is 18.7 Å². The molecular weight excluding hydrogens is 394 g/mol. The normalized spacial score (nSPS) is 12.0. The number of ether oxygens (including phenoxy) is 1. The lowest BCUT2D eigenvalue weighted by Gasteiger charge is -2.24. The summed E-state index contributed by atoms with van der Waals surface area (Å²) in [5, 5.41) is 11.9. The molecular formula is C23H23N5O3. The molecule has 0 saturated heterocycles. The Hall–Kier alpha value is -3.91. The lowest BCUT2D eigenvalue weighted by atomic mass is 10.1. The number of aromatic nitrogens is 3.